The van der Waals surface area contributed by atoms with Crippen LogP contribution in [0.25, 0.3) is 0 Å². The molecular weight excluding hydrogens is 219 g/mol. The molecule has 0 spiro atoms. The van der Waals surface area contributed by atoms with Crippen LogP contribution in [0.1, 0.15) is 32.6 Å². The van der Waals surface area contributed by atoms with Crippen LogP contribution in [0.4, 0.5) is 0 Å². The third-order valence-electron chi connectivity index (χ3n) is 2.73. The van der Waals surface area contributed by atoms with Crippen LogP contribution in [0.3, 0.4) is 0 Å². The first-order valence-electron chi connectivity index (χ1n) is 5.36. The number of halogens is 2. The molecule has 4 atom stereocenters. The van der Waals surface area contributed by atoms with Gasteiger partial charge in [0.15, 0.2) is 0 Å². The molecule has 14 heavy (non-hydrogen) atoms. The maximum atomic E-state index is 6.11. The van der Waals surface area contributed by atoms with Crippen LogP contribution in [-0.2, 0) is 0 Å². The van der Waals surface area contributed by atoms with Gasteiger partial charge in [-0.05, 0) is 39.2 Å². The van der Waals surface area contributed by atoms with Gasteiger partial charge in [-0.15, -0.1) is 23.2 Å². The van der Waals surface area contributed by atoms with Crippen LogP contribution >= 0.6 is 23.2 Å². The molecular formula is C10H20Cl2N2. The minimum atomic E-state index is 0.123. The second kappa shape index (κ2) is 6.16. The minimum Gasteiger partial charge on any atom is -0.328 e. The van der Waals surface area contributed by atoms with Gasteiger partial charge >= 0.3 is 0 Å². The summed E-state index contributed by atoms with van der Waals surface area (Å²) in [5, 5.41) is 3.76. The normalized spacial score (nSPS) is 35.6. The van der Waals surface area contributed by atoms with Crippen LogP contribution in [0.15, 0.2) is 0 Å². The summed E-state index contributed by atoms with van der Waals surface area (Å²) < 4.78 is 0. The van der Waals surface area contributed by atoms with Crippen molar-refractivity contribution < 1.29 is 0 Å². The van der Waals surface area contributed by atoms with Crippen molar-refractivity contribution in [2.75, 3.05) is 6.54 Å². The Bertz CT molecular complexity index is 164. The van der Waals surface area contributed by atoms with Crippen LogP contribution < -0.4 is 11.1 Å². The Hall–Kier alpha value is 0.500. The zero-order valence-electron chi connectivity index (χ0n) is 8.68. The van der Waals surface area contributed by atoms with Gasteiger partial charge in [0.1, 0.15) is 0 Å². The Balaban J connectivity index is 2.13. The van der Waals surface area contributed by atoms with Crippen molar-refractivity contribution in [1.29, 1.82) is 0 Å². The largest absolute Gasteiger partial charge is 0.328 e. The fourth-order valence-corrected chi connectivity index (χ4v) is 2.35. The lowest BCUT2D eigenvalue weighted by Crippen LogP contribution is -2.40. The van der Waals surface area contributed by atoms with Crippen LogP contribution in [-0.4, -0.2) is 29.4 Å². The average molecular weight is 239 g/mol. The number of nitrogens with one attached hydrogen (secondary N) is 1. The van der Waals surface area contributed by atoms with Crippen molar-refractivity contribution in [1.82, 2.24) is 5.32 Å². The topological polar surface area (TPSA) is 38.0 Å². The lowest BCUT2D eigenvalue weighted by molar-refractivity contribution is 0.376. The summed E-state index contributed by atoms with van der Waals surface area (Å²) in [6, 6.07) is 0.810. The van der Waals surface area contributed by atoms with Crippen molar-refractivity contribution >= 4 is 23.2 Å². The lowest BCUT2D eigenvalue weighted by atomic mass is 9.94. The summed E-state index contributed by atoms with van der Waals surface area (Å²) in [6.07, 6.45) is 4.16. The Morgan fingerprint density at radius 1 is 1.36 bits per heavy atom. The molecule has 0 heterocycles. The number of rotatable bonds is 4. The monoisotopic (exact) mass is 238 g/mol. The van der Waals surface area contributed by atoms with Gasteiger partial charge in [0.05, 0.1) is 10.8 Å². The molecule has 0 aliphatic heterocycles. The van der Waals surface area contributed by atoms with E-state index < -0.39 is 0 Å². The molecule has 0 aromatic carbocycles. The van der Waals surface area contributed by atoms with Crippen molar-refractivity contribution in [3.63, 3.8) is 0 Å². The van der Waals surface area contributed by atoms with E-state index in [4.69, 9.17) is 28.9 Å². The van der Waals surface area contributed by atoms with E-state index >= 15 is 0 Å². The van der Waals surface area contributed by atoms with Gasteiger partial charge in [0.25, 0.3) is 0 Å². The van der Waals surface area contributed by atoms with E-state index in [0.717, 1.165) is 32.2 Å². The quantitative estimate of drug-likeness (QED) is 0.737. The highest BCUT2D eigenvalue weighted by atomic mass is 35.5. The lowest BCUT2D eigenvalue weighted by Gasteiger charge is -2.30. The van der Waals surface area contributed by atoms with Gasteiger partial charge in [-0.1, -0.05) is 0 Å². The highest BCUT2D eigenvalue weighted by Crippen LogP contribution is 2.27. The van der Waals surface area contributed by atoms with Crippen LogP contribution in [0, 0.1) is 0 Å². The van der Waals surface area contributed by atoms with Crippen LogP contribution in [0.5, 0.6) is 0 Å². The molecule has 1 aliphatic rings. The smallest absolute Gasteiger partial charge is 0.0514 e. The fraction of sp³-hybridized carbons (Fsp3) is 1.00. The molecule has 0 saturated heterocycles. The highest BCUT2D eigenvalue weighted by molar-refractivity contribution is 6.30. The van der Waals surface area contributed by atoms with Crippen LogP contribution in [0.2, 0.25) is 0 Å². The SMILES string of the molecule is CC(N)CCNC1CCC(Cl)C(Cl)C1. The third-order valence-corrected chi connectivity index (χ3v) is 3.86. The average Bonchev–Trinajstić information content (AvgIpc) is 2.10. The maximum absolute atomic E-state index is 6.11. The molecule has 0 amide bonds. The predicted molar refractivity (Wildman–Crippen MR) is 63.2 cm³/mol. The van der Waals surface area contributed by atoms with Crippen molar-refractivity contribution in [3.05, 3.63) is 0 Å². The first kappa shape index (κ1) is 12.6. The third kappa shape index (κ3) is 4.35. The molecule has 3 N–H and O–H groups in total. The Labute approximate surface area is 96.5 Å². The van der Waals surface area contributed by atoms with Crippen molar-refractivity contribution in [2.24, 2.45) is 5.73 Å². The standard InChI is InChI=1S/C10H20Cl2N2/c1-7(13)4-5-14-8-2-3-9(11)10(12)6-8/h7-10,14H,2-6,13H2,1H3. The summed E-state index contributed by atoms with van der Waals surface area (Å²) in [5.41, 5.74) is 5.67. The summed E-state index contributed by atoms with van der Waals surface area (Å²) in [4.78, 5) is 0. The zero-order chi connectivity index (χ0) is 10.6. The summed E-state index contributed by atoms with van der Waals surface area (Å²) in [7, 11) is 0. The van der Waals surface area contributed by atoms with Gasteiger partial charge in [-0.25, -0.2) is 0 Å². The Kier molecular flexibility index (Phi) is 5.53. The molecule has 1 fully saturated rings. The zero-order valence-corrected chi connectivity index (χ0v) is 10.2. The first-order valence-corrected chi connectivity index (χ1v) is 6.24. The molecule has 0 radical (unpaired) electrons. The number of hydrogen-bond donors (Lipinski definition) is 2. The van der Waals surface area contributed by atoms with E-state index in [2.05, 4.69) is 5.32 Å². The molecule has 1 aliphatic carbocycles. The minimum absolute atomic E-state index is 0.123. The molecule has 1 rings (SSSR count). The molecule has 0 aromatic heterocycles. The highest BCUT2D eigenvalue weighted by Gasteiger charge is 2.26. The number of alkyl halides is 2. The summed E-state index contributed by atoms with van der Waals surface area (Å²) >= 11 is 12.1. The van der Waals surface area contributed by atoms with E-state index in [1.54, 1.807) is 0 Å². The second-order valence-electron chi connectivity index (χ2n) is 4.26. The van der Waals surface area contributed by atoms with E-state index in [9.17, 15) is 0 Å². The van der Waals surface area contributed by atoms with Gasteiger partial charge in [0, 0.05) is 12.1 Å². The maximum Gasteiger partial charge on any atom is 0.0514 e. The van der Waals surface area contributed by atoms with E-state index in [1.807, 2.05) is 6.92 Å². The number of hydrogen-bond acceptors (Lipinski definition) is 2. The molecule has 4 heteroatoms. The Morgan fingerprint density at radius 3 is 2.64 bits per heavy atom. The van der Waals surface area contributed by atoms with Gasteiger partial charge in [0.2, 0.25) is 0 Å². The fourth-order valence-electron chi connectivity index (χ4n) is 1.78. The number of nitrogens with two attached hydrogens (primary N) is 1. The molecule has 84 valence electrons. The molecule has 1 saturated carbocycles. The van der Waals surface area contributed by atoms with Crippen molar-refractivity contribution in [2.45, 2.75) is 55.4 Å². The predicted octanol–water partition coefficient (Wildman–Crippen LogP) is 2.08. The Morgan fingerprint density at radius 2 is 2.07 bits per heavy atom. The molecule has 2 nitrogen and oxygen atoms in total. The van der Waals surface area contributed by atoms with E-state index in [-0.39, 0.29) is 16.8 Å². The molecule has 0 aromatic rings. The first-order chi connectivity index (χ1) is 6.59. The van der Waals surface area contributed by atoms with Gasteiger partial charge in [-0.3, -0.25) is 0 Å². The summed E-state index contributed by atoms with van der Waals surface area (Å²) in [6.45, 7) is 3.01. The van der Waals surface area contributed by atoms with E-state index in [1.165, 1.54) is 0 Å². The van der Waals surface area contributed by atoms with E-state index in [0.29, 0.717) is 6.04 Å². The summed E-state index contributed by atoms with van der Waals surface area (Å²) in [5.74, 6) is 0. The molecule has 4 unspecified atom stereocenters. The second-order valence-corrected chi connectivity index (χ2v) is 5.38. The molecule has 0 bridgehead atoms. The van der Waals surface area contributed by atoms with Crippen molar-refractivity contribution in [3.8, 4) is 0 Å². The van der Waals surface area contributed by atoms with Gasteiger partial charge < -0.3 is 11.1 Å². The van der Waals surface area contributed by atoms with Gasteiger partial charge in [-0.2, -0.15) is 0 Å².